The molecular weight excluding hydrogens is 348 g/mol. The molecule has 1 atom stereocenters. The zero-order valence-corrected chi connectivity index (χ0v) is 15.6. The van der Waals surface area contributed by atoms with E-state index in [4.69, 9.17) is 10.00 Å². The highest BCUT2D eigenvalue weighted by molar-refractivity contribution is 7.13. The summed E-state index contributed by atoms with van der Waals surface area (Å²) >= 11 is 1.43. The molecule has 1 N–H and O–H groups in total. The van der Waals surface area contributed by atoms with Crippen molar-refractivity contribution in [3.05, 3.63) is 40.9 Å². The van der Waals surface area contributed by atoms with Crippen molar-refractivity contribution in [2.24, 2.45) is 5.92 Å². The molecule has 1 aliphatic rings. The van der Waals surface area contributed by atoms with Crippen molar-refractivity contribution < 1.29 is 9.53 Å². The normalized spacial score (nSPS) is 17.5. The first-order valence-corrected chi connectivity index (χ1v) is 9.60. The molecule has 6 nitrogen and oxygen atoms in total. The molecule has 2 aromatic rings. The van der Waals surface area contributed by atoms with E-state index in [1.807, 2.05) is 11.4 Å². The molecule has 1 aromatic heterocycles. The van der Waals surface area contributed by atoms with Gasteiger partial charge in [-0.15, -0.1) is 11.3 Å². The number of amides is 1. The summed E-state index contributed by atoms with van der Waals surface area (Å²) < 4.78 is 5.43. The Hall–Kier alpha value is -2.43. The van der Waals surface area contributed by atoms with Crippen molar-refractivity contribution in [2.45, 2.75) is 26.3 Å². The van der Waals surface area contributed by atoms with E-state index in [-0.39, 0.29) is 12.5 Å². The molecule has 0 spiro atoms. The predicted octanol–water partition coefficient (Wildman–Crippen LogP) is 3.26. The molecule has 2 heterocycles. The van der Waals surface area contributed by atoms with Crippen LogP contribution in [-0.4, -0.2) is 35.5 Å². The van der Waals surface area contributed by atoms with Gasteiger partial charge in [0.25, 0.3) is 5.91 Å². The summed E-state index contributed by atoms with van der Waals surface area (Å²) in [6.45, 7) is 5.25. The Kier molecular flexibility index (Phi) is 6.21. The minimum absolute atomic E-state index is 0.0928. The van der Waals surface area contributed by atoms with E-state index in [1.54, 1.807) is 24.3 Å². The van der Waals surface area contributed by atoms with Crippen LogP contribution in [0, 0.1) is 17.2 Å². The Labute approximate surface area is 157 Å². The van der Waals surface area contributed by atoms with Gasteiger partial charge in [-0.1, -0.05) is 6.92 Å². The third kappa shape index (κ3) is 5.28. The van der Waals surface area contributed by atoms with E-state index < -0.39 is 0 Å². The number of piperidine rings is 1. The Morgan fingerprint density at radius 3 is 3.00 bits per heavy atom. The quantitative estimate of drug-likeness (QED) is 0.844. The number of hydrogen-bond acceptors (Lipinski definition) is 6. The van der Waals surface area contributed by atoms with Crippen LogP contribution in [0.1, 0.15) is 31.0 Å². The fraction of sp³-hybridized carbons (Fsp3) is 0.421. The topological polar surface area (TPSA) is 78.3 Å². The lowest BCUT2D eigenvalue weighted by Crippen LogP contribution is -2.33. The largest absolute Gasteiger partial charge is 0.484 e. The number of benzene rings is 1. The van der Waals surface area contributed by atoms with E-state index >= 15 is 0 Å². The van der Waals surface area contributed by atoms with Crippen LogP contribution in [0.25, 0.3) is 0 Å². The molecule has 0 unspecified atom stereocenters. The molecule has 0 bridgehead atoms. The molecule has 7 heteroatoms. The summed E-state index contributed by atoms with van der Waals surface area (Å²) in [5, 5.41) is 14.1. The molecule has 1 saturated heterocycles. The van der Waals surface area contributed by atoms with Crippen molar-refractivity contribution >= 4 is 22.4 Å². The van der Waals surface area contributed by atoms with Crippen LogP contribution >= 0.6 is 11.3 Å². The van der Waals surface area contributed by atoms with Gasteiger partial charge in [-0.3, -0.25) is 15.0 Å². The molecule has 26 heavy (non-hydrogen) atoms. The third-order valence-corrected chi connectivity index (χ3v) is 5.08. The Morgan fingerprint density at radius 2 is 2.27 bits per heavy atom. The maximum atomic E-state index is 12.0. The number of carbonyl (C=O) groups is 1. The van der Waals surface area contributed by atoms with Gasteiger partial charge in [0.2, 0.25) is 0 Å². The number of hydrogen-bond donors (Lipinski definition) is 1. The maximum Gasteiger partial charge on any atom is 0.264 e. The average Bonchev–Trinajstić information content (AvgIpc) is 3.07. The van der Waals surface area contributed by atoms with Gasteiger partial charge in [0.15, 0.2) is 11.7 Å². The molecular formula is C19H22N4O2S. The number of likely N-dealkylation sites (tertiary alicyclic amines) is 1. The zero-order valence-electron chi connectivity index (χ0n) is 14.8. The average molecular weight is 370 g/mol. The molecule has 0 saturated carbocycles. The molecule has 1 amide bonds. The number of nitrogens with one attached hydrogen (secondary N) is 1. The van der Waals surface area contributed by atoms with E-state index in [1.165, 1.54) is 24.2 Å². The van der Waals surface area contributed by atoms with Crippen LogP contribution in [0.15, 0.2) is 29.6 Å². The molecule has 0 aliphatic carbocycles. The highest BCUT2D eigenvalue weighted by atomic mass is 32.1. The summed E-state index contributed by atoms with van der Waals surface area (Å²) in [7, 11) is 0. The van der Waals surface area contributed by atoms with Gasteiger partial charge in [0, 0.05) is 18.5 Å². The SMILES string of the molecule is C[C@@H]1CCCN(Cc2csc(NC(=O)COc3ccc(C#N)cc3)n2)C1. The third-order valence-electron chi connectivity index (χ3n) is 4.28. The van der Waals surface area contributed by atoms with E-state index in [0.29, 0.717) is 16.4 Å². The first kappa shape index (κ1) is 18.4. The molecule has 1 fully saturated rings. The number of nitrogens with zero attached hydrogens (tertiary/aromatic N) is 3. The standard InChI is InChI=1S/C19H22N4O2S/c1-14-3-2-8-23(10-14)11-16-13-26-19(21-16)22-18(24)12-25-17-6-4-15(9-20)5-7-17/h4-7,13-14H,2-3,8,10-12H2,1H3,(H,21,22,24)/t14-/m1/s1. The first-order valence-electron chi connectivity index (χ1n) is 8.72. The van der Waals surface area contributed by atoms with Crippen LogP contribution in [0.4, 0.5) is 5.13 Å². The number of rotatable bonds is 6. The van der Waals surface area contributed by atoms with Gasteiger partial charge in [0.1, 0.15) is 5.75 Å². The van der Waals surface area contributed by atoms with Crippen molar-refractivity contribution in [1.82, 2.24) is 9.88 Å². The fourth-order valence-corrected chi connectivity index (χ4v) is 3.74. The lowest BCUT2D eigenvalue weighted by atomic mass is 10.0. The van der Waals surface area contributed by atoms with Crippen LogP contribution in [0.3, 0.4) is 0 Å². The summed E-state index contributed by atoms with van der Waals surface area (Å²) in [5.41, 5.74) is 1.55. The number of ether oxygens (including phenoxy) is 1. The van der Waals surface area contributed by atoms with Gasteiger partial charge < -0.3 is 4.74 Å². The van der Waals surface area contributed by atoms with Crippen molar-refractivity contribution in [2.75, 3.05) is 25.0 Å². The highest BCUT2D eigenvalue weighted by Gasteiger charge is 2.17. The lowest BCUT2D eigenvalue weighted by Gasteiger charge is -2.30. The minimum atomic E-state index is -0.248. The van der Waals surface area contributed by atoms with Gasteiger partial charge in [-0.05, 0) is 49.6 Å². The van der Waals surface area contributed by atoms with Crippen molar-refractivity contribution in [3.8, 4) is 11.8 Å². The predicted molar refractivity (Wildman–Crippen MR) is 101 cm³/mol. The summed E-state index contributed by atoms with van der Waals surface area (Å²) in [6.07, 6.45) is 2.54. The van der Waals surface area contributed by atoms with Crippen LogP contribution in [0.2, 0.25) is 0 Å². The molecule has 1 aliphatic heterocycles. The zero-order chi connectivity index (χ0) is 18.4. The number of thiazole rings is 1. The Bertz CT molecular complexity index is 782. The van der Waals surface area contributed by atoms with Crippen LogP contribution in [0.5, 0.6) is 5.75 Å². The van der Waals surface area contributed by atoms with Gasteiger partial charge in [-0.2, -0.15) is 5.26 Å². The van der Waals surface area contributed by atoms with Gasteiger partial charge in [0.05, 0.1) is 17.3 Å². The summed E-state index contributed by atoms with van der Waals surface area (Å²) in [6, 6.07) is 8.70. The van der Waals surface area contributed by atoms with Crippen LogP contribution in [-0.2, 0) is 11.3 Å². The van der Waals surface area contributed by atoms with Crippen LogP contribution < -0.4 is 10.1 Å². The molecule has 1 aromatic carbocycles. The maximum absolute atomic E-state index is 12.0. The number of nitriles is 1. The monoisotopic (exact) mass is 370 g/mol. The second kappa shape index (κ2) is 8.79. The second-order valence-corrected chi connectivity index (χ2v) is 7.46. The second-order valence-electron chi connectivity index (χ2n) is 6.60. The van der Waals surface area contributed by atoms with Gasteiger partial charge in [-0.25, -0.2) is 4.98 Å². The van der Waals surface area contributed by atoms with E-state index in [0.717, 1.165) is 31.2 Å². The van der Waals surface area contributed by atoms with Crippen molar-refractivity contribution in [3.63, 3.8) is 0 Å². The van der Waals surface area contributed by atoms with Gasteiger partial charge >= 0.3 is 0 Å². The molecule has 136 valence electrons. The summed E-state index contributed by atoms with van der Waals surface area (Å²) in [5.74, 6) is 1.04. The fourth-order valence-electron chi connectivity index (χ4n) is 3.03. The Balaban J connectivity index is 1.45. The minimum Gasteiger partial charge on any atom is -0.484 e. The summed E-state index contributed by atoms with van der Waals surface area (Å²) in [4.78, 5) is 18.9. The van der Waals surface area contributed by atoms with Crippen molar-refractivity contribution in [1.29, 1.82) is 5.26 Å². The molecule has 0 radical (unpaired) electrons. The first-order chi connectivity index (χ1) is 12.6. The smallest absolute Gasteiger partial charge is 0.264 e. The lowest BCUT2D eigenvalue weighted by molar-refractivity contribution is -0.118. The number of anilines is 1. The number of carbonyl (C=O) groups excluding carboxylic acids is 1. The Morgan fingerprint density at radius 1 is 1.46 bits per heavy atom. The van der Waals surface area contributed by atoms with E-state index in [9.17, 15) is 4.79 Å². The number of aromatic nitrogens is 1. The molecule has 3 rings (SSSR count). The van der Waals surface area contributed by atoms with E-state index in [2.05, 4.69) is 22.1 Å². The highest BCUT2D eigenvalue weighted by Crippen LogP contribution is 2.21.